The predicted molar refractivity (Wildman–Crippen MR) is 73.5 cm³/mol. The lowest BCUT2D eigenvalue weighted by Gasteiger charge is -2.02. The first-order valence-corrected chi connectivity index (χ1v) is 6.67. The highest BCUT2D eigenvalue weighted by Crippen LogP contribution is 2.27. The molecule has 9 heteroatoms. The average Bonchev–Trinajstić information content (AvgIpc) is 3.07. The number of hydrogen-bond donors (Lipinski definition) is 1. The Kier molecular flexibility index (Phi) is 3.29. The summed E-state index contributed by atoms with van der Waals surface area (Å²) in [5.74, 6) is 7.21. The molecule has 0 saturated heterocycles. The van der Waals surface area contributed by atoms with Crippen LogP contribution in [0.15, 0.2) is 39.1 Å². The summed E-state index contributed by atoms with van der Waals surface area (Å²) in [7, 11) is 0. The molecule has 2 N–H and O–H groups in total. The van der Waals surface area contributed by atoms with Crippen LogP contribution in [-0.2, 0) is 0 Å². The second-order valence-electron chi connectivity index (χ2n) is 4.04. The van der Waals surface area contributed by atoms with Crippen molar-refractivity contribution >= 4 is 11.8 Å². The normalized spacial score (nSPS) is 10.5. The van der Waals surface area contributed by atoms with Crippen LogP contribution in [0.1, 0.15) is 11.5 Å². The second-order valence-corrected chi connectivity index (χ2v) is 5.02. The van der Waals surface area contributed by atoms with Gasteiger partial charge in [-0.05, 0) is 36.9 Å². The molecule has 0 amide bonds. The van der Waals surface area contributed by atoms with E-state index >= 15 is 0 Å². The van der Waals surface area contributed by atoms with Gasteiger partial charge in [0.1, 0.15) is 16.9 Å². The first kappa shape index (κ1) is 13.1. The molecule has 0 radical (unpaired) electrons. The van der Waals surface area contributed by atoms with Gasteiger partial charge in [-0.15, -0.1) is 20.4 Å². The summed E-state index contributed by atoms with van der Waals surface area (Å²) in [6, 6.07) is 6.93. The maximum Gasteiger partial charge on any atom is 0.216 e. The van der Waals surface area contributed by atoms with Gasteiger partial charge in [0.15, 0.2) is 11.5 Å². The number of rotatable bonds is 3. The van der Waals surface area contributed by atoms with Gasteiger partial charge in [0.25, 0.3) is 0 Å². The SMILES string of the molecule is Cc1occc1-c1nnc(Sc2ccc(C#N)nn2)n1N. The molecule has 0 spiro atoms. The van der Waals surface area contributed by atoms with E-state index in [0.717, 1.165) is 5.56 Å². The van der Waals surface area contributed by atoms with Gasteiger partial charge in [0, 0.05) is 0 Å². The van der Waals surface area contributed by atoms with E-state index in [2.05, 4.69) is 20.4 Å². The quantitative estimate of drug-likeness (QED) is 0.720. The van der Waals surface area contributed by atoms with Crippen LogP contribution in [-0.4, -0.2) is 25.1 Å². The van der Waals surface area contributed by atoms with E-state index in [0.29, 0.717) is 21.8 Å². The molecule has 21 heavy (non-hydrogen) atoms. The summed E-state index contributed by atoms with van der Waals surface area (Å²) in [5, 5.41) is 25.5. The zero-order valence-corrected chi connectivity index (χ0v) is 11.7. The lowest BCUT2D eigenvalue weighted by Crippen LogP contribution is -2.11. The molecule has 3 aromatic heterocycles. The van der Waals surface area contributed by atoms with Gasteiger partial charge in [-0.25, -0.2) is 4.68 Å². The van der Waals surface area contributed by atoms with Crippen molar-refractivity contribution in [3.63, 3.8) is 0 Å². The Bertz CT molecular complexity index is 815. The summed E-state index contributed by atoms with van der Waals surface area (Å²) in [6.45, 7) is 1.82. The number of nitriles is 1. The molecule has 0 saturated carbocycles. The van der Waals surface area contributed by atoms with Gasteiger partial charge < -0.3 is 10.3 Å². The molecule has 0 atom stereocenters. The lowest BCUT2D eigenvalue weighted by atomic mass is 10.2. The first-order chi connectivity index (χ1) is 10.2. The Morgan fingerprint density at radius 2 is 2.10 bits per heavy atom. The molecule has 0 aliphatic carbocycles. The van der Waals surface area contributed by atoms with E-state index in [1.807, 2.05) is 13.0 Å². The highest BCUT2D eigenvalue weighted by atomic mass is 32.2. The summed E-state index contributed by atoms with van der Waals surface area (Å²) in [5.41, 5.74) is 1.03. The molecular weight excluding hydrogens is 290 g/mol. The van der Waals surface area contributed by atoms with Crippen molar-refractivity contribution in [1.29, 1.82) is 5.26 Å². The number of furan rings is 1. The monoisotopic (exact) mass is 299 g/mol. The highest BCUT2D eigenvalue weighted by molar-refractivity contribution is 7.99. The summed E-state index contributed by atoms with van der Waals surface area (Å²) < 4.78 is 6.59. The number of hydrogen-bond acceptors (Lipinski definition) is 8. The molecule has 0 aliphatic rings. The van der Waals surface area contributed by atoms with Crippen molar-refractivity contribution in [3.05, 3.63) is 35.9 Å². The summed E-state index contributed by atoms with van der Waals surface area (Å²) in [4.78, 5) is 0. The summed E-state index contributed by atoms with van der Waals surface area (Å²) >= 11 is 1.21. The third-order valence-electron chi connectivity index (χ3n) is 2.71. The molecule has 0 unspecified atom stereocenters. The van der Waals surface area contributed by atoms with Crippen molar-refractivity contribution in [2.24, 2.45) is 0 Å². The minimum Gasteiger partial charge on any atom is -0.469 e. The van der Waals surface area contributed by atoms with Crippen LogP contribution >= 0.6 is 11.8 Å². The minimum absolute atomic E-state index is 0.253. The van der Waals surface area contributed by atoms with Crippen LogP contribution in [0.5, 0.6) is 0 Å². The standard InChI is InChI=1S/C12H9N7OS/c1-7-9(4-5-20-7)11-17-18-12(19(11)14)21-10-3-2-8(6-13)15-16-10/h2-5H,14H2,1H3. The van der Waals surface area contributed by atoms with E-state index in [-0.39, 0.29) is 5.69 Å². The van der Waals surface area contributed by atoms with E-state index in [9.17, 15) is 0 Å². The van der Waals surface area contributed by atoms with Gasteiger partial charge in [0.05, 0.1) is 11.8 Å². The zero-order valence-electron chi connectivity index (χ0n) is 10.9. The molecule has 104 valence electrons. The van der Waals surface area contributed by atoms with E-state index in [4.69, 9.17) is 15.5 Å². The zero-order chi connectivity index (χ0) is 14.8. The van der Waals surface area contributed by atoms with Crippen LogP contribution in [0.4, 0.5) is 0 Å². The Labute approximate surface area is 123 Å². The molecular formula is C12H9N7OS. The lowest BCUT2D eigenvalue weighted by molar-refractivity contribution is 0.535. The summed E-state index contributed by atoms with van der Waals surface area (Å²) in [6.07, 6.45) is 1.57. The van der Waals surface area contributed by atoms with Gasteiger partial charge in [-0.2, -0.15) is 5.26 Å². The van der Waals surface area contributed by atoms with Crippen molar-refractivity contribution in [1.82, 2.24) is 25.1 Å². The highest BCUT2D eigenvalue weighted by Gasteiger charge is 2.16. The average molecular weight is 299 g/mol. The fourth-order valence-electron chi connectivity index (χ4n) is 1.67. The Morgan fingerprint density at radius 3 is 2.71 bits per heavy atom. The fourth-order valence-corrected chi connectivity index (χ4v) is 2.35. The van der Waals surface area contributed by atoms with Crippen LogP contribution in [0.25, 0.3) is 11.4 Å². The maximum atomic E-state index is 8.68. The molecule has 3 aromatic rings. The first-order valence-electron chi connectivity index (χ1n) is 5.85. The van der Waals surface area contributed by atoms with Crippen molar-refractivity contribution in [2.45, 2.75) is 17.1 Å². The van der Waals surface area contributed by atoms with Gasteiger partial charge >= 0.3 is 0 Å². The number of nitrogen functional groups attached to an aromatic ring is 1. The van der Waals surface area contributed by atoms with Crippen LogP contribution in [0.3, 0.4) is 0 Å². The van der Waals surface area contributed by atoms with Crippen LogP contribution in [0, 0.1) is 18.3 Å². The molecule has 3 rings (SSSR count). The minimum atomic E-state index is 0.253. The van der Waals surface area contributed by atoms with E-state index in [1.54, 1.807) is 24.5 Å². The smallest absolute Gasteiger partial charge is 0.216 e. The van der Waals surface area contributed by atoms with Crippen LogP contribution < -0.4 is 5.84 Å². The van der Waals surface area contributed by atoms with Gasteiger partial charge in [-0.1, -0.05) is 0 Å². The number of aryl methyl sites for hydroxylation is 1. The predicted octanol–water partition coefficient (Wildman–Crippen LogP) is 1.37. The van der Waals surface area contributed by atoms with Crippen molar-refractivity contribution in [3.8, 4) is 17.5 Å². The third kappa shape index (κ3) is 2.44. The molecule has 0 aliphatic heterocycles. The Morgan fingerprint density at radius 1 is 1.24 bits per heavy atom. The van der Waals surface area contributed by atoms with Crippen LogP contribution in [0.2, 0.25) is 0 Å². The maximum absolute atomic E-state index is 8.68. The topological polar surface area (TPSA) is 119 Å². The largest absolute Gasteiger partial charge is 0.469 e. The molecule has 0 bridgehead atoms. The Balaban J connectivity index is 1.89. The van der Waals surface area contributed by atoms with Crippen molar-refractivity contribution in [2.75, 3.05) is 5.84 Å². The second kappa shape index (κ2) is 5.26. The number of nitrogens with two attached hydrogens (primary N) is 1. The van der Waals surface area contributed by atoms with E-state index in [1.165, 1.54) is 16.4 Å². The molecule has 8 nitrogen and oxygen atoms in total. The van der Waals surface area contributed by atoms with Crippen molar-refractivity contribution < 1.29 is 4.42 Å². The van der Waals surface area contributed by atoms with Gasteiger partial charge in [-0.3, -0.25) is 0 Å². The number of aromatic nitrogens is 5. The molecule has 0 aromatic carbocycles. The van der Waals surface area contributed by atoms with Gasteiger partial charge in [0.2, 0.25) is 5.16 Å². The Hall–Kier alpha value is -2.86. The van der Waals surface area contributed by atoms with E-state index < -0.39 is 0 Å². The third-order valence-corrected chi connectivity index (χ3v) is 3.60. The molecule has 3 heterocycles. The number of nitrogens with zero attached hydrogens (tertiary/aromatic N) is 6. The molecule has 0 fully saturated rings. The fraction of sp³-hybridized carbons (Fsp3) is 0.0833.